The van der Waals surface area contributed by atoms with Crippen LogP contribution in [0, 0.1) is 5.92 Å². The molecule has 0 spiro atoms. The summed E-state index contributed by atoms with van der Waals surface area (Å²) in [5.41, 5.74) is 5.22. The second-order valence-electron chi connectivity index (χ2n) is 8.79. The van der Waals surface area contributed by atoms with Crippen molar-refractivity contribution >= 4 is 16.9 Å². The summed E-state index contributed by atoms with van der Waals surface area (Å²) in [6.07, 6.45) is 6.14. The summed E-state index contributed by atoms with van der Waals surface area (Å²) in [7, 11) is 1.41. The molecule has 2 aromatic carbocycles. The second-order valence-corrected chi connectivity index (χ2v) is 8.79. The van der Waals surface area contributed by atoms with Gasteiger partial charge in [-0.05, 0) is 48.6 Å². The molecule has 0 radical (unpaired) electrons. The topological polar surface area (TPSA) is 60.7 Å². The maximum Gasteiger partial charge on any atom is 0.337 e. The molecular formula is C26H29NO4. The third kappa shape index (κ3) is 3.51. The number of carbonyl (C=O) groups excluding carboxylic acids is 1. The van der Waals surface area contributed by atoms with Gasteiger partial charge in [-0.15, -0.1) is 0 Å². The fourth-order valence-corrected chi connectivity index (χ4v) is 5.32. The Kier molecular flexibility index (Phi) is 5.45. The van der Waals surface area contributed by atoms with Gasteiger partial charge in [-0.3, -0.25) is 0 Å². The van der Waals surface area contributed by atoms with E-state index in [0.29, 0.717) is 24.6 Å². The summed E-state index contributed by atoms with van der Waals surface area (Å²) in [6, 6.07) is 14.1. The van der Waals surface area contributed by atoms with Gasteiger partial charge in [0.25, 0.3) is 0 Å². The lowest BCUT2D eigenvalue weighted by Crippen LogP contribution is -2.24. The Labute approximate surface area is 182 Å². The SMILES string of the molecule is COC(=O)c1ccc2c(C3CCCCC3)c3n(c2c1)C[C@H](CO)COc1ccccc1-3. The lowest BCUT2D eigenvalue weighted by atomic mass is 9.81. The zero-order valence-corrected chi connectivity index (χ0v) is 18.0. The molecule has 2 aliphatic rings. The van der Waals surface area contributed by atoms with Gasteiger partial charge in [-0.2, -0.15) is 0 Å². The Hall–Kier alpha value is -2.79. The van der Waals surface area contributed by atoms with Gasteiger partial charge in [-0.25, -0.2) is 4.79 Å². The van der Waals surface area contributed by atoms with Crippen LogP contribution < -0.4 is 4.74 Å². The number of carbonyl (C=O) groups is 1. The van der Waals surface area contributed by atoms with Crippen molar-refractivity contribution in [3.05, 3.63) is 53.6 Å². The normalized spacial score (nSPS) is 19.1. The quantitative estimate of drug-likeness (QED) is 0.597. The van der Waals surface area contributed by atoms with E-state index in [-0.39, 0.29) is 18.5 Å². The summed E-state index contributed by atoms with van der Waals surface area (Å²) < 4.78 is 13.5. The number of hydrogen-bond acceptors (Lipinski definition) is 4. The zero-order chi connectivity index (χ0) is 21.4. The van der Waals surface area contributed by atoms with E-state index in [0.717, 1.165) is 16.8 Å². The highest BCUT2D eigenvalue weighted by atomic mass is 16.5. The number of esters is 1. The van der Waals surface area contributed by atoms with Crippen LogP contribution in [0.5, 0.6) is 5.75 Å². The van der Waals surface area contributed by atoms with E-state index in [1.165, 1.54) is 55.9 Å². The minimum absolute atomic E-state index is 0.0244. The Balaban J connectivity index is 1.83. The minimum atomic E-state index is -0.329. The number of aliphatic hydroxyl groups excluding tert-OH is 1. The number of benzene rings is 2. The third-order valence-corrected chi connectivity index (χ3v) is 6.85. The first-order valence-corrected chi connectivity index (χ1v) is 11.3. The van der Waals surface area contributed by atoms with Gasteiger partial charge in [-0.1, -0.05) is 37.5 Å². The van der Waals surface area contributed by atoms with Gasteiger partial charge in [0.15, 0.2) is 0 Å². The maximum atomic E-state index is 12.3. The molecular weight excluding hydrogens is 390 g/mol. The van der Waals surface area contributed by atoms with Crippen molar-refractivity contribution in [1.82, 2.24) is 4.57 Å². The van der Waals surface area contributed by atoms with Crippen LogP contribution in [-0.2, 0) is 11.3 Å². The predicted octanol–water partition coefficient (Wildman–Crippen LogP) is 5.14. The molecule has 162 valence electrons. The molecule has 1 atom stereocenters. The summed E-state index contributed by atoms with van der Waals surface area (Å²) in [4.78, 5) is 12.3. The predicted molar refractivity (Wildman–Crippen MR) is 121 cm³/mol. The number of aromatic nitrogens is 1. The fraction of sp³-hybridized carbons (Fsp3) is 0.423. The van der Waals surface area contributed by atoms with Crippen molar-refractivity contribution in [2.75, 3.05) is 20.3 Å². The Bertz CT molecular complexity index is 1110. The van der Waals surface area contributed by atoms with Crippen molar-refractivity contribution in [2.45, 2.75) is 44.6 Å². The van der Waals surface area contributed by atoms with Crippen molar-refractivity contribution < 1.29 is 19.4 Å². The summed E-state index contributed by atoms with van der Waals surface area (Å²) in [5, 5.41) is 11.2. The van der Waals surface area contributed by atoms with Crippen molar-refractivity contribution in [3.63, 3.8) is 0 Å². The van der Waals surface area contributed by atoms with E-state index in [2.05, 4.69) is 22.8 Å². The van der Waals surface area contributed by atoms with Crippen molar-refractivity contribution in [3.8, 4) is 17.0 Å². The van der Waals surface area contributed by atoms with Crippen LogP contribution in [0.15, 0.2) is 42.5 Å². The molecule has 31 heavy (non-hydrogen) atoms. The average molecular weight is 420 g/mol. The first-order valence-electron chi connectivity index (χ1n) is 11.3. The van der Waals surface area contributed by atoms with Crippen LogP contribution in [0.4, 0.5) is 0 Å². The van der Waals surface area contributed by atoms with Crippen molar-refractivity contribution in [1.29, 1.82) is 0 Å². The summed E-state index contributed by atoms with van der Waals surface area (Å²) >= 11 is 0. The minimum Gasteiger partial charge on any atom is -0.492 e. The molecule has 0 saturated heterocycles. The highest BCUT2D eigenvalue weighted by Crippen LogP contribution is 2.47. The van der Waals surface area contributed by atoms with Gasteiger partial charge in [0.2, 0.25) is 0 Å². The number of hydrogen-bond donors (Lipinski definition) is 1. The largest absolute Gasteiger partial charge is 0.492 e. The molecule has 5 heteroatoms. The molecule has 1 fully saturated rings. The number of aliphatic hydroxyl groups is 1. The van der Waals surface area contributed by atoms with E-state index in [1.807, 2.05) is 24.3 Å². The Morgan fingerprint density at radius 1 is 1.16 bits per heavy atom. The molecule has 3 aromatic rings. The molecule has 1 N–H and O–H groups in total. The zero-order valence-electron chi connectivity index (χ0n) is 18.0. The number of methoxy groups -OCH3 is 1. The molecule has 1 aliphatic heterocycles. The van der Waals surface area contributed by atoms with Gasteiger partial charge >= 0.3 is 5.97 Å². The number of ether oxygens (including phenoxy) is 2. The molecule has 0 bridgehead atoms. The van der Waals surface area contributed by atoms with E-state index < -0.39 is 0 Å². The number of rotatable bonds is 3. The van der Waals surface area contributed by atoms with E-state index in [9.17, 15) is 9.90 Å². The maximum absolute atomic E-state index is 12.3. The number of nitrogens with zero attached hydrogens (tertiary/aromatic N) is 1. The molecule has 0 amide bonds. The fourth-order valence-electron chi connectivity index (χ4n) is 5.32. The van der Waals surface area contributed by atoms with Crippen LogP contribution in [0.2, 0.25) is 0 Å². The molecule has 1 aromatic heterocycles. The molecule has 2 heterocycles. The highest BCUT2D eigenvalue weighted by Gasteiger charge is 2.30. The average Bonchev–Trinajstić information content (AvgIpc) is 3.13. The summed E-state index contributed by atoms with van der Waals surface area (Å²) in [6.45, 7) is 1.16. The third-order valence-electron chi connectivity index (χ3n) is 6.85. The second kappa shape index (κ2) is 8.39. The van der Waals surface area contributed by atoms with E-state index >= 15 is 0 Å². The summed E-state index contributed by atoms with van der Waals surface area (Å²) in [5.74, 6) is 0.986. The highest BCUT2D eigenvalue weighted by molar-refractivity contribution is 5.99. The molecule has 1 aliphatic carbocycles. The molecule has 0 unspecified atom stereocenters. The van der Waals surface area contributed by atoms with Gasteiger partial charge in [0.1, 0.15) is 5.75 Å². The molecule has 1 saturated carbocycles. The number of fused-ring (bicyclic) bond motifs is 5. The standard InChI is InChI=1S/C26H29NO4/c1-30-26(29)19-11-12-20-22(13-19)27-14-17(15-28)16-31-23-10-6-5-9-21(23)25(27)24(20)18-7-3-2-4-8-18/h5-6,9-13,17-18,28H,2-4,7-8,14-16H2,1H3/t17-/m1/s1. The van der Waals surface area contributed by atoms with Crippen LogP contribution in [0.1, 0.15) is 53.9 Å². The lowest BCUT2D eigenvalue weighted by Gasteiger charge is -2.27. The molecule has 5 rings (SSSR count). The smallest absolute Gasteiger partial charge is 0.337 e. The van der Waals surface area contributed by atoms with Gasteiger partial charge in [0.05, 0.1) is 31.6 Å². The van der Waals surface area contributed by atoms with Gasteiger partial charge < -0.3 is 19.1 Å². The first kappa shape index (κ1) is 20.1. The van der Waals surface area contributed by atoms with Crippen molar-refractivity contribution in [2.24, 2.45) is 5.92 Å². The number of para-hydroxylation sites is 1. The Morgan fingerprint density at radius 2 is 1.97 bits per heavy atom. The Morgan fingerprint density at radius 3 is 2.74 bits per heavy atom. The lowest BCUT2D eigenvalue weighted by molar-refractivity contribution is 0.0601. The van der Waals surface area contributed by atoms with E-state index in [1.54, 1.807) is 0 Å². The monoisotopic (exact) mass is 419 g/mol. The first-order chi connectivity index (χ1) is 15.2. The van der Waals surface area contributed by atoms with Crippen LogP contribution in [0.3, 0.4) is 0 Å². The van der Waals surface area contributed by atoms with E-state index in [4.69, 9.17) is 9.47 Å². The van der Waals surface area contributed by atoms with Crippen LogP contribution in [0.25, 0.3) is 22.2 Å². The van der Waals surface area contributed by atoms with Crippen LogP contribution >= 0.6 is 0 Å². The van der Waals surface area contributed by atoms with Gasteiger partial charge in [0, 0.05) is 28.9 Å². The molecule has 5 nitrogen and oxygen atoms in total. The van der Waals surface area contributed by atoms with Crippen LogP contribution in [-0.4, -0.2) is 36.0 Å².